The highest BCUT2D eigenvalue weighted by Crippen LogP contribution is 2.14. The Balaban J connectivity index is 3.06. The Labute approximate surface area is 83.4 Å². The molecule has 0 aromatic rings. The molecule has 0 radical (unpaired) electrons. The Bertz CT molecular complexity index is 418. The smallest absolute Gasteiger partial charge is 0.218 e. The summed E-state index contributed by atoms with van der Waals surface area (Å²) in [6, 6.07) is 0. The molecule has 0 N–H and O–H groups in total. The van der Waals surface area contributed by atoms with Crippen LogP contribution in [0.4, 0.5) is 0 Å². The van der Waals surface area contributed by atoms with Crippen molar-refractivity contribution in [2.24, 2.45) is 0 Å². The molecule has 0 amide bonds. The first kappa shape index (κ1) is 10.7. The highest BCUT2D eigenvalue weighted by Gasteiger charge is 2.13. The lowest BCUT2D eigenvalue weighted by Crippen LogP contribution is -2.10. The molecule has 0 saturated carbocycles. The van der Waals surface area contributed by atoms with Crippen molar-refractivity contribution in [2.75, 3.05) is 6.61 Å². The van der Waals surface area contributed by atoms with Gasteiger partial charge in [-0.1, -0.05) is 0 Å². The number of carbonyl (C=O) groups is 1. The van der Waals surface area contributed by atoms with Crippen molar-refractivity contribution in [3.05, 3.63) is 23.5 Å². The van der Waals surface area contributed by atoms with Crippen LogP contribution in [-0.4, -0.2) is 26.2 Å². The zero-order valence-corrected chi connectivity index (χ0v) is 8.50. The van der Waals surface area contributed by atoms with E-state index in [9.17, 15) is 13.2 Å². The van der Waals surface area contributed by atoms with Gasteiger partial charge < -0.3 is 4.74 Å². The largest absolute Gasteiger partial charge is 0.494 e. The van der Waals surface area contributed by atoms with Gasteiger partial charge in [-0.05, 0) is 19.1 Å². The summed E-state index contributed by atoms with van der Waals surface area (Å²) in [6.07, 6.45) is 3.82. The molecular formula is C9H10O4S. The van der Waals surface area contributed by atoms with Crippen molar-refractivity contribution < 1.29 is 17.9 Å². The molecule has 0 spiro atoms. The third kappa shape index (κ3) is 2.32. The molecule has 0 fully saturated rings. The fourth-order valence-electron chi connectivity index (χ4n) is 1.14. The van der Waals surface area contributed by atoms with Gasteiger partial charge in [0.2, 0.25) is 10.3 Å². The minimum atomic E-state index is -2.33. The summed E-state index contributed by atoms with van der Waals surface area (Å²) >= 11 is 0. The van der Waals surface area contributed by atoms with Crippen LogP contribution in [-0.2, 0) is 19.8 Å². The van der Waals surface area contributed by atoms with Gasteiger partial charge >= 0.3 is 0 Å². The predicted molar refractivity (Wildman–Crippen MR) is 52.4 cm³/mol. The molecule has 14 heavy (non-hydrogen) atoms. The summed E-state index contributed by atoms with van der Waals surface area (Å²) in [5.41, 5.74) is 0.171. The third-order valence-corrected chi connectivity index (χ3v) is 2.55. The number of carbonyl (C=O) groups excluding carboxylic acids is 1. The van der Waals surface area contributed by atoms with Crippen LogP contribution in [0.25, 0.3) is 0 Å². The van der Waals surface area contributed by atoms with E-state index < -0.39 is 10.3 Å². The Kier molecular flexibility index (Phi) is 3.64. The minimum Gasteiger partial charge on any atom is -0.494 e. The van der Waals surface area contributed by atoms with Crippen LogP contribution in [0, 0.1) is 0 Å². The molecule has 1 aliphatic carbocycles. The summed E-state index contributed by atoms with van der Waals surface area (Å²) in [4.78, 5) is 10.7. The molecular weight excluding hydrogens is 204 g/mol. The Morgan fingerprint density at radius 2 is 2.29 bits per heavy atom. The zero-order valence-electron chi connectivity index (χ0n) is 7.69. The molecule has 4 nitrogen and oxygen atoms in total. The second kappa shape index (κ2) is 4.76. The molecule has 0 heterocycles. The summed E-state index contributed by atoms with van der Waals surface area (Å²) < 4.78 is 26.5. The molecule has 0 unspecified atom stereocenters. The fraction of sp³-hybridized carbons (Fsp3) is 0.333. The van der Waals surface area contributed by atoms with E-state index in [-0.39, 0.29) is 16.9 Å². The molecule has 5 heteroatoms. The number of allylic oxidation sites excluding steroid dienone is 3. The highest BCUT2D eigenvalue weighted by atomic mass is 32.2. The maximum absolute atomic E-state index is 10.7. The van der Waals surface area contributed by atoms with Crippen molar-refractivity contribution >= 4 is 21.4 Å². The van der Waals surface area contributed by atoms with Crippen molar-refractivity contribution in [1.29, 1.82) is 0 Å². The summed E-state index contributed by atoms with van der Waals surface area (Å²) in [7, 11) is -2.33. The van der Waals surface area contributed by atoms with Crippen molar-refractivity contribution in [1.82, 2.24) is 0 Å². The van der Waals surface area contributed by atoms with Crippen LogP contribution in [0.3, 0.4) is 0 Å². The van der Waals surface area contributed by atoms with Crippen molar-refractivity contribution in [3.63, 3.8) is 0 Å². The standard InChI is InChI=1S/C9H10O4S/c1-2-13-8-3-4-9(14(11)12)7(5-8)6-10/h3,5-6H,2,4H2,1H3. The number of hydrogen-bond donors (Lipinski definition) is 0. The SMILES string of the molecule is CCOC1=CCC(=S(=O)=O)C(C=O)=C1. The first-order valence-corrected chi connectivity index (χ1v) is 5.21. The van der Waals surface area contributed by atoms with Gasteiger partial charge in [-0.2, -0.15) is 8.42 Å². The maximum Gasteiger partial charge on any atom is 0.218 e. The van der Waals surface area contributed by atoms with E-state index in [2.05, 4.69) is 0 Å². The monoisotopic (exact) mass is 214 g/mol. The van der Waals surface area contributed by atoms with E-state index in [1.807, 2.05) is 6.92 Å². The van der Waals surface area contributed by atoms with Crippen LogP contribution < -0.4 is 0 Å². The lowest BCUT2D eigenvalue weighted by molar-refractivity contribution is -0.104. The maximum atomic E-state index is 10.7. The number of ether oxygens (including phenoxy) is 1. The van der Waals surface area contributed by atoms with E-state index >= 15 is 0 Å². The second-order valence-corrected chi connectivity index (χ2v) is 3.58. The van der Waals surface area contributed by atoms with E-state index in [0.29, 0.717) is 18.7 Å². The second-order valence-electron chi connectivity index (χ2n) is 2.62. The summed E-state index contributed by atoms with van der Waals surface area (Å²) in [6.45, 7) is 2.31. The topological polar surface area (TPSA) is 60.4 Å². The highest BCUT2D eigenvalue weighted by molar-refractivity contribution is 7.73. The molecule has 76 valence electrons. The molecule has 0 bridgehead atoms. The molecule has 1 rings (SSSR count). The zero-order chi connectivity index (χ0) is 10.6. The van der Waals surface area contributed by atoms with Crippen LogP contribution in [0.1, 0.15) is 13.3 Å². The normalized spacial score (nSPS) is 15.6. The summed E-state index contributed by atoms with van der Waals surface area (Å²) in [5, 5.41) is 0. The first-order valence-electron chi connectivity index (χ1n) is 4.14. The van der Waals surface area contributed by atoms with Gasteiger partial charge in [0.05, 0.1) is 11.5 Å². The molecule has 0 saturated heterocycles. The molecule has 0 atom stereocenters. The van der Waals surface area contributed by atoms with Crippen LogP contribution in [0.5, 0.6) is 0 Å². The average Bonchev–Trinajstić information content (AvgIpc) is 2.17. The van der Waals surface area contributed by atoms with Gasteiger partial charge in [0, 0.05) is 12.0 Å². The van der Waals surface area contributed by atoms with Gasteiger partial charge in [0.25, 0.3) is 0 Å². The lowest BCUT2D eigenvalue weighted by atomic mass is 10.1. The van der Waals surface area contributed by atoms with Gasteiger partial charge in [-0.3, -0.25) is 4.79 Å². The summed E-state index contributed by atoms with van der Waals surface area (Å²) in [5.74, 6) is 0.545. The molecule has 0 aliphatic heterocycles. The van der Waals surface area contributed by atoms with Gasteiger partial charge in [0.1, 0.15) is 5.76 Å². The van der Waals surface area contributed by atoms with E-state index in [1.165, 1.54) is 6.08 Å². The third-order valence-electron chi connectivity index (χ3n) is 1.75. The van der Waals surface area contributed by atoms with Gasteiger partial charge in [0.15, 0.2) is 6.29 Å². The molecule has 0 aromatic carbocycles. The first-order chi connectivity index (χ1) is 6.69. The molecule has 1 aliphatic rings. The predicted octanol–water partition coefficient (Wildman–Crippen LogP) is 0.487. The average molecular weight is 214 g/mol. The van der Waals surface area contributed by atoms with E-state index in [4.69, 9.17) is 4.74 Å². The number of rotatable bonds is 3. The minimum absolute atomic E-state index is 0.114. The van der Waals surface area contributed by atoms with Crippen LogP contribution in [0.15, 0.2) is 23.5 Å². The molecule has 0 aromatic heterocycles. The number of aldehydes is 1. The van der Waals surface area contributed by atoms with Crippen LogP contribution in [0.2, 0.25) is 0 Å². The Morgan fingerprint density at radius 1 is 1.57 bits per heavy atom. The fourth-order valence-corrected chi connectivity index (χ4v) is 1.65. The van der Waals surface area contributed by atoms with Crippen molar-refractivity contribution in [2.45, 2.75) is 13.3 Å². The van der Waals surface area contributed by atoms with E-state index in [1.54, 1.807) is 6.08 Å². The van der Waals surface area contributed by atoms with Gasteiger partial charge in [-0.15, -0.1) is 0 Å². The quantitative estimate of drug-likeness (QED) is 0.506. The Morgan fingerprint density at radius 3 is 2.79 bits per heavy atom. The van der Waals surface area contributed by atoms with Crippen molar-refractivity contribution in [3.8, 4) is 0 Å². The number of hydrogen-bond acceptors (Lipinski definition) is 4. The lowest BCUT2D eigenvalue weighted by Gasteiger charge is -2.10. The Hall–Kier alpha value is -1.36. The van der Waals surface area contributed by atoms with E-state index in [0.717, 1.165) is 0 Å². The van der Waals surface area contributed by atoms with Gasteiger partial charge in [-0.25, -0.2) is 0 Å². The van der Waals surface area contributed by atoms with Crippen LogP contribution >= 0.6 is 0 Å².